The zero-order valence-corrected chi connectivity index (χ0v) is 11.0. The Kier molecular flexibility index (Phi) is 6.37. The lowest BCUT2D eigenvalue weighted by Crippen LogP contribution is -2.16. The molecule has 0 aliphatic heterocycles. The first-order valence-electron chi connectivity index (χ1n) is 4.28. The number of thiophene rings is 1. The topological polar surface area (TPSA) is 12.0 Å². The van der Waals surface area contributed by atoms with E-state index in [1.165, 1.54) is 9.35 Å². The van der Waals surface area contributed by atoms with Gasteiger partial charge in [-0.15, -0.1) is 29.5 Å². The number of terminal acetylenes is 1. The minimum atomic E-state index is 0.811. The first kappa shape index (κ1) is 12.1. The van der Waals surface area contributed by atoms with Crippen LogP contribution in [0, 0.1) is 12.3 Å². The van der Waals surface area contributed by atoms with Crippen molar-refractivity contribution >= 4 is 39.0 Å². The summed E-state index contributed by atoms with van der Waals surface area (Å²) in [4.78, 5) is 0. The molecule has 0 radical (unpaired) electrons. The van der Waals surface area contributed by atoms with Crippen molar-refractivity contribution in [2.45, 2.75) is 6.54 Å². The molecule has 1 rings (SSSR count). The van der Waals surface area contributed by atoms with Crippen LogP contribution in [0.25, 0.3) is 0 Å². The molecule has 0 amide bonds. The van der Waals surface area contributed by atoms with Gasteiger partial charge >= 0.3 is 0 Å². The number of thioether (sulfide) groups is 1. The molecule has 0 atom stereocenters. The van der Waals surface area contributed by atoms with Gasteiger partial charge in [-0.1, -0.05) is 5.92 Å². The van der Waals surface area contributed by atoms with E-state index in [2.05, 4.69) is 38.6 Å². The lowest BCUT2D eigenvalue weighted by molar-refractivity contribution is 0.734. The third kappa shape index (κ3) is 5.06. The summed E-state index contributed by atoms with van der Waals surface area (Å²) < 4.78 is 1.19. The van der Waals surface area contributed by atoms with Crippen LogP contribution in [-0.4, -0.2) is 18.1 Å². The Morgan fingerprint density at radius 2 is 2.50 bits per heavy atom. The number of halogens is 1. The maximum atomic E-state index is 5.14. The van der Waals surface area contributed by atoms with Crippen LogP contribution in [-0.2, 0) is 6.54 Å². The van der Waals surface area contributed by atoms with Gasteiger partial charge in [0, 0.05) is 18.8 Å². The molecule has 1 N–H and O–H groups in total. The van der Waals surface area contributed by atoms with E-state index in [4.69, 9.17) is 6.42 Å². The smallest absolute Gasteiger partial charge is 0.0701 e. The number of rotatable bonds is 6. The van der Waals surface area contributed by atoms with Gasteiger partial charge in [0.2, 0.25) is 0 Å². The largest absolute Gasteiger partial charge is 0.312 e. The predicted octanol–water partition coefficient (Wildman–Crippen LogP) is 2.97. The normalized spacial score (nSPS) is 10.0. The molecule has 1 heterocycles. The van der Waals surface area contributed by atoms with Crippen LogP contribution >= 0.6 is 39.0 Å². The lowest BCUT2D eigenvalue weighted by atomic mass is 10.3. The second-order valence-electron chi connectivity index (χ2n) is 2.69. The fraction of sp³-hybridized carbons (Fsp3) is 0.400. The number of nitrogens with one attached hydrogen (secondary N) is 1. The molecular weight excluding hydrogens is 278 g/mol. The second-order valence-corrected chi connectivity index (χ2v) is 6.09. The van der Waals surface area contributed by atoms with Gasteiger partial charge in [-0.3, -0.25) is 0 Å². The Labute approximate surface area is 102 Å². The van der Waals surface area contributed by atoms with Crippen LogP contribution in [0.4, 0.5) is 0 Å². The van der Waals surface area contributed by atoms with Crippen LogP contribution in [0.2, 0.25) is 0 Å². The fourth-order valence-electron chi connectivity index (χ4n) is 0.947. The Morgan fingerprint density at radius 1 is 1.64 bits per heavy atom. The van der Waals surface area contributed by atoms with Crippen molar-refractivity contribution < 1.29 is 0 Å². The standard InChI is InChI=1S/C10H12BrNS2/c1-2-4-13-5-3-12-7-9-6-10(11)14-8-9/h1,6,8,12H,3-5,7H2. The van der Waals surface area contributed by atoms with Crippen LogP contribution in [0.15, 0.2) is 15.2 Å². The van der Waals surface area contributed by atoms with Gasteiger partial charge < -0.3 is 5.32 Å². The highest BCUT2D eigenvalue weighted by atomic mass is 79.9. The molecule has 1 aromatic rings. The molecule has 0 saturated heterocycles. The lowest BCUT2D eigenvalue weighted by Gasteiger charge is -2.01. The van der Waals surface area contributed by atoms with Gasteiger partial charge in [0.05, 0.1) is 9.54 Å². The summed E-state index contributed by atoms with van der Waals surface area (Å²) in [7, 11) is 0. The molecule has 0 aromatic carbocycles. The van der Waals surface area contributed by atoms with Crippen LogP contribution < -0.4 is 5.32 Å². The van der Waals surface area contributed by atoms with E-state index < -0.39 is 0 Å². The molecule has 76 valence electrons. The van der Waals surface area contributed by atoms with Gasteiger partial charge in [-0.2, -0.15) is 0 Å². The fourth-order valence-corrected chi connectivity index (χ4v) is 2.71. The van der Waals surface area contributed by atoms with Gasteiger partial charge in [0.15, 0.2) is 0 Å². The summed E-state index contributed by atoms with van der Waals surface area (Å²) in [5, 5.41) is 5.53. The summed E-state index contributed by atoms with van der Waals surface area (Å²) in [5.74, 6) is 4.50. The first-order valence-corrected chi connectivity index (χ1v) is 7.10. The molecule has 4 heteroatoms. The first-order chi connectivity index (χ1) is 6.83. The van der Waals surface area contributed by atoms with Gasteiger partial charge in [0.25, 0.3) is 0 Å². The number of hydrogen-bond acceptors (Lipinski definition) is 3. The van der Waals surface area contributed by atoms with E-state index in [9.17, 15) is 0 Å². The molecule has 14 heavy (non-hydrogen) atoms. The molecule has 0 bridgehead atoms. The van der Waals surface area contributed by atoms with E-state index in [1.54, 1.807) is 23.1 Å². The van der Waals surface area contributed by atoms with E-state index in [1.807, 2.05) is 0 Å². The zero-order chi connectivity index (χ0) is 10.2. The van der Waals surface area contributed by atoms with Crippen molar-refractivity contribution in [3.8, 4) is 12.3 Å². The molecule has 0 aliphatic carbocycles. The molecule has 1 nitrogen and oxygen atoms in total. The molecule has 0 saturated carbocycles. The summed E-state index contributed by atoms with van der Waals surface area (Å²) in [6.07, 6.45) is 5.14. The van der Waals surface area contributed by atoms with Crippen molar-refractivity contribution in [2.75, 3.05) is 18.1 Å². The van der Waals surface area contributed by atoms with Crippen molar-refractivity contribution in [3.63, 3.8) is 0 Å². The Morgan fingerprint density at radius 3 is 3.14 bits per heavy atom. The van der Waals surface area contributed by atoms with Crippen molar-refractivity contribution in [1.29, 1.82) is 0 Å². The quantitative estimate of drug-likeness (QED) is 0.638. The Bertz CT molecular complexity index is 303. The maximum Gasteiger partial charge on any atom is 0.0701 e. The third-order valence-corrected chi connectivity index (χ3v) is 3.98. The van der Waals surface area contributed by atoms with E-state index in [0.717, 1.165) is 24.6 Å². The minimum absolute atomic E-state index is 0.811. The van der Waals surface area contributed by atoms with Gasteiger partial charge in [-0.05, 0) is 32.9 Å². The Balaban J connectivity index is 2.02. The second kappa shape index (κ2) is 7.36. The third-order valence-electron chi connectivity index (χ3n) is 1.56. The molecular formula is C10H12BrNS2. The molecule has 0 aliphatic rings. The highest BCUT2D eigenvalue weighted by molar-refractivity contribution is 9.11. The summed E-state index contributed by atoms with van der Waals surface area (Å²) >= 11 is 6.95. The van der Waals surface area contributed by atoms with E-state index in [0.29, 0.717) is 0 Å². The highest BCUT2D eigenvalue weighted by Crippen LogP contribution is 2.20. The van der Waals surface area contributed by atoms with Gasteiger partial charge in [-0.25, -0.2) is 0 Å². The highest BCUT2D eigenvalue weighted by Gasteiger charge is 1.95. The summed E-state index contributed by atoms with van der Waals surface area (Å²) in [5.41, 5.74) is 1.34. The van der Waals surface area contributed by atoms with E-state index >= 15 is 0 Å². The van der Waals surface area contributed by atoms with Crippen molar-refractivity contribution in [1.82, 2.24) is 5.32 Å². The monoisotopic (exact) mass is 289 g/mol. The van der Waals surface area contributed by atoms with Crippen molar-refractivity contribution in [3.05, 3.63) is 20.8 Å². The maximum absolute atomic E-state index is 5.14. The van der Waals surface area contributed by atoms with Crippen LogP contribution in [0.5, 0.6) is 0 Å². The van der Waals surface area contributed by atoms with Crippen LogP contribution in [0.1, 0.15) is 5.56 Å². The molecule has 0 unspecified atom stereocenters. The molecule has 0 spiro atoms. The SMILES string of the molecule is C#CCSCCNCc1csc(Br)c1. The minimum Gasteiger partial charge on any atom is -0.312 e. The van der Waals surface area contributed by atoms with Crippen molar-refractivity contribution in [2.24, 2.45) is 0 Å². The predicted molar refractivity (Wildman–Crippen MR) is 69.9 cm³/mol. The summed E-state index contributed by atoms with van der Waals surface area (Å²) in [6.45, 7) is 1.96. The number of hydrogen-bond donors (Lipinski definition) is 1. The average molecular weight is 290 g/mol. The van der Waals surface area contributed by atoms with Gasteiger partial charge in [0.1, 0.15) is 0 Å². The zero-order valence-electron chi connectivity index (χ0n) is 7.75. The average Bonchev–Trinajstić information content (AvgIpc) is 2.58. The van der Waals surface area contributed by atoms with E-state index in [-0.39, 0.29) is 0 Å². The Hall–Kier alpha value is 0.0500. The molecule has 0 fully saturated rings. The summed E-state index contributed by atoms with van der Waals surface area (Å²) in [6, 6.07) is 2.15. The molecule has 1 aromatic heterocycles. The van der Waals surface area contributed by atoms with Crippen LogP contribution in [0.3, 0.4) is 0 Å².